The maximum Gasteiger partial charge on any atom is 0.307 e. The van der Waals surface area contributed by atoms with Gasteiger partial charge in [-0.15, -0.1) is 0 Å². The fourth-order valence-electron chi connectivity index (χ4n) is 1.43. The van der Waals surface area contributed by atoms with Crippen molar-refractivity contribution in [1.82, 2.24) is 0 Å². The highest BCUT2D eigenvalue weighted by Crippen LogP contribution is 2.11. The summed E-state index contributed by atoms with van der Waals surface area (Å²) in [6, 6.07) is 6.98. The Labute approximate surface area is 101 Å². The van der Waals surface area contributed by atoms with Gasteiger partial charge in [0.1, 0.15) is 5.75 Å². The largest absolute Gasteiger partial charge is 0.497 e. The second-order valence-corrected chi connectivity index (χ2v) is 3.74. The van der Waals surface area contributed by atoms with Crippen LogP contribution in [0.15, 0.2) is 24.3 Å². The first-order valence-electron chi connectivity index (χ1n) is 5.65. The Morgan fingerprint density at radius 1 is 1.29 bits per heavy atom. The summed E-state index contributed by atoms with van der Waals surface area (Å²) >= 11 is 0. The molecule has 0 bridgehead atoms. The monoisotopic (exact) mass is 238 g/mol. The fourth-order valence-corrected chi connectivity index (χ4v) is 1.43. The molecule has 1 aromatic carbocycles. The molecule has 0 aromatic heterocycles. The minimum atomic E-state index is -0.819. The molecule has 1 saturated heterocycles. The summed E-state index contributed by atoms with van der Waals surface area (Å²) in [5.41, 5.74) is 0.781. The minimum Gasteiger partial charge on any atom is -0.497 e. The molecule has 0 amide bonds. The Morgan fingerprint density at radius 2 is 1.88 bits per heavy atom. The van der Waals surface area contributed by atoms with E-state index in [-0.39, 0.29) is 6.42 Å². The summed E-state index contributed by atoms with van der Waals surface area (Å²) in [4.78, 5) is 10.3. The van der Waals surface area contributed by atoms with E-state index in [0.29, 0.717) is 0 Å². The highest BCUT2D eigenvalue weighted by atomic mass is 16.5. The van der Waals surface area contributed by atoms with Crippen LogP contribution in [0.4, 0.5) is 0 Å². The van der Waals surface area contributed by atoms with E-state index in [4.69, 9.17) is 14.6 Å². The number of benzene rings is 1. The van der Waals surface area contributed by atoms with Crippen LogP contribution in [0.5, 0.6) is 5.75 Å². The van der Waals surface area contributed by atoms with Crippen molar-refractivity contribution < 1.29 is 19.4 Å². The van der Waals surface area contributed by atoms with E-state index in [2.05, 4.69) is 0 Å². The summed E-state index contributed by atoms with van der Waals surface area (Å²) in [5, 5.41) is 8.46. The highest BCUT2D eigenvalue weighted by molar-refractivity contribution is 5.70. The van der Waals surface area contributed by atoms with E-state index in [1.165, 1.54) is 12.8 Å². The average Bonchev–Trinajstić information content (AvgIpc) is 2.88. The molecule has 0 radical (unpaired) electrons. The quantitative estimate of drug-likeness (QED) is 0.876. The molecule has 0 unspecified atom stereocenters. The number of hydrogen-bond acceptors (Lipinski definition) is 3. The van der Waals surface area contributed by atoms with Crippen molar-refractivity contribution in [3.8, 4) is 5.75 Å². The van der Waals surface area contributed by atoms with E-state index in [0.717, 1.165) is 24.5 Å². The molecule has 1 aliphatic heterocycles. The highest BCUT2D eigenvalue weighted by Gasteiger charge is 1.99. The normalized spacial score (nSPS) is 13.7. The second-order valence-electron chi connectivity index (χ2n) is 3.74. The molecular formula is C13H18O4. The molecule has 2 rings (SSSR count). The van der Waals surface area contributed by atoms with E-state index in [9.17, 15) is 4.79 Å². The number of hydrogen-bond donors (Lipinski definition) is 1. The smallest absolute Gasteiger partial charge is 0.307 e. The SMILES string of the molecule is C1CCOC1.COc1ccc(CC(=O)O)cc1. The number of rotatable bonds is 3. The van der Waals surface area contributed by atoms with E-state index < -0.39 is 5.97 Å². The Hall–Kier alpha value is -1.55. The molecule has 4 nitrogen and oxygen atoms in total. The number of ether oxygens (including phenoxy) is 2. The number of carbonyl (C=O) groups is 1. The van der Waals surface area contributed by atoms with Crippen molar-refractivity contribution >= 4 is 5.97 Å². The Morgan fingerprint density at radius 3 is 2.24 bits per heavy atom. The minimum absolute atomic E-state index is 0.0595. The molecule has 0 saturated carbocycles. The zero-order chi connectivity index (χ0) is 12.5. The molecule has 0 aliphatic carbocycles. The van der Waals surface area contributed by atoms with Crippen molar-refractivity contribution in [1.29, 1.82) is 0 Å². The van der Waals surface area contributed by atoms with Gasteiger partial charge >= 0.3 is 5.97 Å². The Bertz CT molecular complexity index is 320. The maximum absolute atomic E-state index is 10.3. The number of carboxylic acids is 1. The van der Waals surface area contributed by atoms with Crippen molar-refractivity contribution in [2.24, 2.45) is 0 Å². The van der Waals surface area contributed by atoms with Gasteiger partial charge in [-0.2, -0.15) is 0 Å². The predicted molar refractivity (Wildman–Crippen MR) is 64.4 cm³/mol. The first-order chi connectivity index (χ1) is 8.22. The second kappa shape index (κ2) is 7.68. The van der Waals surface area contributed by atoms with Crippen LogP contribution in [0.3, 0.4) is 0 Å². The molecule has 1 heterocycles. The lowest BCUT2D eigenvalue weighted by atomic mass is 10.1. The van der Waals surface area contributed by atoms with Crippen LogP contribution < -0.4 is 4.74 Å². The van der Waals surface area contributed by atoms with Crippen LogP contribution >= 0.6 is 0 Å². The number of carboxylic acid groups (broad SMARTS) is 1. The van der Waals surface area contributed by atoms with Crippen molar-refractivity contribution in [3.05, 3.63) is 29.8 Å². The Balaban J connectivity index is 0.000000239. The van der Waals surface area contributed by atoms with Crippen LogP contribution in [0.25, 0.3) is 0 Å². The molecule has 1 aromatic rings. The molecule has 0 spiro atoms. The molecule has 94 valence electrons. The summed E-state index contributed by atoms with van der Waals surface area (Å²) in [5.74, 6) is -0.0793. The standard InChI is InChI=1S/C9H10O3.C4H8O/c1-12-8-4-2-7(3-5-8)6-9(10)11;1-2-4-5-3-1/h2-5H,6H2,1H3,(H,10,11);1-4H2. The zero-order valence-corrected chi connectivity index (χ0v) is 10.0. The lowest BCUT2D eigenvalue weighted by molar-refractivity contribution is -0.136. The van der Waals surface area contributed by atoms with Crippen molar-refractivity contribution in [2.45, 2.75) is 19.3 Å². The van der Waals surface area contributed by atoms with Crippen molar-refractivity contribution in [2.75, 3.05) is 20.3 Å². The van der Waals surface area contributed by atoms with Gasteiger partial charge in [-0.25, -0.2) is 0 Å². The molecule has 17 heavy (non-hydrogen) atoms. The van der Waals surface area contributed by atoms with Gasteiger partial charge in [0, 0.05) is 13.2 Å². The van der Waals surface area contributed by atoms with Crippen LogP contribution in [0, 0.1) is 0 Å². The lowest BCUT2D eigenvalue weighted by Gasteiger charge is -1.99. The maximum atomic E-state index is 10.3. The predicted octanol–water partition coefficient (Wildman–Crippen LogP) is 2.12. The molecule has 1 N–H and O–H groups in total. The topological polar surface area (TPSA) is 55.8 Å². The van der Waals surface area contributed by atoms with Crippen LogP contribution in [0.2, 0.25) is 0 Å². The van der Waals surface area contributed by atoms with Crippen LogP contribution in [-0.2, 0) is 16.0 Å². The van der Waals surface area contributed by atoms with Gasteiger partial charge in [0.25, 0.3) is 0 Å². The summed E-state index contributed by atoms with van der Waals surface area (Å²) in [6.07, 6.45) is 2.62. The van der Waals surface area contributed by atoms with Gasteiger partial charge in [0.15, 0.2) is 0 Å². The van der Waals surface area contributed by atoms with Gasteiger partial charge < -0.3 is 14.6 Å². The van der Waals surface area contributed by atoms with Crippen LogP contribution in [-0.4, -0.2) is 31.4 Å². The third-order valence-corrected chi connectivity index (χ3v) is 2.34. The fraction of sp³-hybridized carbons (Fsp3) is 0.462. The number of methoxy groups -OCH3 is 1. The first kappa shape index (κ1) is 13.5. The van der Waals surface area contributed by atoms with Crippen molar-refractivity contribution in [3.63, 3.8) is 0 Å². The molecule has 1 aliphatic rings. The average molecular weight is 238 g/mol. The van der Waals surface area contributed by atoms with Crippen LogP contribution in [0.1, 0.15) is 18.4 Å². The van der Waals surface area contributed by atoms with Gasteiger partial charge in [0.05, 0.1) is 13.5 Å². The summed E-state index contributed by atoms with van der Waals surface area (Å²) in [6.45, 7) is 2.00. The molecule has 0 atom stereocenters. The first-order valence-corrected chi connectivity index (χ1v) is 5.65. The van der Waals surface area contributed by atoms with E-state index in [1.807, 2.05) is 0 Å². The molecular weight excluding hydrogens is 220 g/mol. The van der Waals surface area contributed by atoms with E-state index >= 15 is 0 Å². The zero-order valence-electron chi connectivity index (χ0n) is 10.0. The van der Waals surface area contributed by atoms with E-state index in [1.54, 1.807) is 31.4 Å². The third kappa shape index (κ3) is 5.92. The summed E-state index contributed by atoms with van der Waals surface area (Å²) in [7, 11) is 1.58. The van der Waals surface area contributed by atoms with Gasteiger partial charge in [0.2, 0.25) is 0 Å². The molecule has 4 heteroatoms. The van der Waals surface area contributed by atoms with Gasteiger partial charge in [-0.3, -0.25) is 4.79 Å². The van der Waals surface area contributed by atoms with Gasteiger partial charge in [-0.1, -0.05) is 12.1 Å². The van der Waals surface area contributed by atoms with Gasteiger partial charge in [-0.05, 0) is 30.5 Å². The third-order valence-electron chi connectivity index (χ3n) is 2.34. The number of aliphatic carboxylic acids is 1. The summed E-state index contributed by atoms with van der Waals surface area (Å²) < 4.78 is 9.87. The Kier molecular flexibility index (Phi) is 6.10. The molecule has 1 fully saturated rings. The lowest BCUT2D eigenvalue weighted by Crippen LogP contribution is -1.99.